The molecular weight excluding hydrogens is 376 g/mol. The number of hydrogen-bond acceptors (Lipinski definition) is 5. The maximum atomic E-state index is 12.5. The van der Waals surface area contributed by atoms with Gasteiger partial charge in [0.15, 0.2) is 5.76 Å². The molecule has 1 aliphatic rings. The number of benzene rings is 1. The van der Waals surface area contributed by atoms with Crippen LogP contribution in [0.15, 0.2) is 53.1 Å². The van der Waals surface area contributed by atoms with Crippen molar-refractivity contribution in [1.29, 1.82) is 0 Å². The molecule has 29 heavy (non-hydrogen) atoms. The van der Waals surface area contributed by atoms with Crippen LogP contribution in [-0.2, 0) is 9.59 Å². The maximum Gasteiger partial charge on any atom is 0.287 e. The summed E-state index contributed by atoms with van der Waals surface area (Å²) in [6.45, 7) is 0.745. The first-order valence-electron chi connectivity index (χ1n) is 9.32. The minimum atomic E-state index is -0.496. The van der Waals surface area contributed by atoms with Gasteiger partial charge < -0.3 is 15.1 Å². The number of nitrogens with one attached hydrogen (secondary N) is 2. The van der Waals surface area contributed by atoms with Crippen molar-refractivity contribution >= 4 is 23.6 Å². The molecule has 0 aliphatic carbocycles. The highest BCUT2D eigenvalue weighted by Gasteiger charge is 2.30. The second-order valence-corrected chi connectivity index (χ2v) is 6.42. The summed E-state index contributed by atoms with van der Waals surface area (Å²) in [5.41, 5.74) is 0.519. The van der Waals surface area contributed by atoms with Gasteiger partial charge in [0.25, 0.3) is 17.7 Å². The normalized spacial score (nSPS) is 13.2. The van der Waals surface area contributed by atoms with Crippen LogP contribution in [0.1, 0.15) is 33.8 Å². The van der Waals surface area contributed by atoms with Crippen LogP contribution in [0.2, 0.25) is 0 Å². The van der Waals surface area contributed by atoms with Gasteiger partial charge in [-0.25, -0.2) is 5.01 Å². The molecule has 0 bridgehead atoms. The lowest BCUT2D eigenvalue weighted by atomic mass is 10.2. The molecule has 0 spiro atoms. The van der Waals surface area contributed by atoms with Crippen LogP contribution < -0.4 is 10.6 Å². The molecule has 152 valence electrons. The molecule has 2 N–H and O–H groups in total. The average molecular weight is 398 g/mol. The number of carbonyl (C=O) groups is 4. The van der Waals surface area contributed by atoms with Crippen LogP contribution in [0, 0.1) is 0 Å². The monoisotopic (exact) mass is 398 g/mol. The molecule has 1 aromatic carbocycles. The van der Waals surface area contributed by atoms with Crippen molar-refractivity contribution in [1.82, 2.24) is 20.7 Å². The van der Waals surface area contributed by atoms with Gasteiger partial charge in [-0.05, 0) is 30.7 Å². The zero-order chi connectivity index (χ0) is 20.6. The Morgan fingerprint density at radius 2 is 1.59 bits per heavy atom. The maximum absolute atomic E-state index is 12.5. The Kier molecular flexibility index (Phi) is 6.62. The molecule has 2 heterocycles. The molecular formula is C20H22N4O5. The summed E-state index contributed by atoms with van der Waals surface area (Å²) in [6, 6.07) is 11.8. The lowest BCUT2D eigenvalue weighted by molar-refractivity contribution is -0.157. The first kappa shape index (κ1) is 20.1. The standard InChI is InChI=1S/C20H22N4O5/c25-17(9-10-21-19(27)15-6-2-1-3-7-15)23-11-5-12-24(23)18(26)14-22-20(28)16-8-4-13-29-16/h1-4,6-8,13H,5,9-12,14H2,(H,21,27)(H,22,28). The summed E-state index contributed by atoms with van der Waals surface area (Å²) in [5, 5.41) is 7.88. The molecule has 0 radical (unpaired) electrons. The Hall–Kier alpha value is -3.62. The fourth-order valence-electron chi connectivity index (χ4n) is 2.98. The lowest BCUT2D eigenvalue weighted by Gasteiger charge is -2.28. The smallest absolute Gasteiger partial charge is 0.287 e. The molecule has 9 heteroatoms. The van der Waals surface area contributed by atoms with E-state index < -0.39 is 5.91 Å². The summed E-state index contributed by atoms with van der Waals surface area (Å²) in [6.07, 6.45) is 2.09. The van der Waals surface area contributed by atoms with Gasteiger partial charge in [0, 0.05) is 31.6 Å². The van der Waals surface area contributed by atoms with Crippen molar-refractivity contribution in [3.8, 4) is 0 Å². The SMILES string of the molecule is O=C(NCCC(=O)N1CCCN1C(=O)CNC(=O)c1ccco1)c1ccccc1. The number of carbonyl (C=O) groups excluding carboxylic acids is 4. The van der Waals surface area contributed by atoms with Gasteiger partial charge in [-0.3, -0.25) is 24.2 Å². The van der Waals surface area contributed by atoms with Gasteiger partial charge >= 0.3 is 0 Å². The summed E-state index contributed by atoms with van der Waals surface area (Å²) >= 11 is 0. The molecule has 2 aromatic rings. The average Bonchev–Trinajstić information content (AvgIpc) is 3.44. The first-order chi connectivity index (χ1) is 14.1. The second-order valence-electron chi connectivity index (χ2n) is 6.42. The third kappa shape index (κ3) is 5.22. The topological polar surface area (TPSA) is 112 Å². The Labute approximate surface area is 167 Å². The van der Waals surface area contributed by atoms with Crippen LogP contribution in [-0.4, -0.2) is 59.8 Å². The van der Waals surface area contributed by atoms with Gasteiger partial charge in [-0.15, -0.1) is 0 Å². The molecule has 1 aliphatic heterocycles. The van der Waals surface area contributed by atoms with Gasteiger partial charge in [0.1, 0.15) is 0 Å². The minimum Gasteiger partial charge on any atom is -0.459 e. The van der Waals surface area contributed by atoms with Gasteiger partial charge in [0.2, 0.25) is 5.91 Å². The molecule has 4 amide bonds. The van der Waals surface area contributed by atoms with E-state index in [1.807, 2.05) is 6.07 Å². The zero-order valence-corrected chi connectivity index (χ0v) is 15.8. The van der Waals surface area contributed by atoms with Crippen LogP contribution in [0.3, 0.4) is 0 Å². The number of hydrogen-bond donors (Lipinski definition) is 2. The summed E-state index contributed by atoms with van der Waals surface area (Å²) < 4.78 is 4.97. The van der Waals surface area contributed by atoms with E-state index >= 15 is 0 Å². The summed E-state index contributed by atoms with van der Waals surface area (Å²) in [4.78, 5) is 48.8. The quantitative estimate of drug-likeness (QED) is 0.717. The van der Waals surface area contributed by atoms with Crippen molar-refractivity contribution in [3.05, 3.63) is 60.1 Å². The van der Waals surface area contributed by atoms with E-state index in [-0.39, 0.29) is 43.0 Å². The van der Waals surface area contributed by atoms with E-state index in [9.17, 15) is 19.2 Å². The fourth-order valence-corrected chi connectivity index (χ4v) is 2.98. The molecule has 0 saturated carbocycles. The third-order valence-electron chi connectivity index (χ3n) is 4.41. The number of nitrogens with zero attached hydrogens (tertiary/aromatic N) is 2. The van der Waals surface area contributed by atoms with E-state index in [1.165, 1.54) is 22.3 Å². The Morgan fingerprint density at radius 3 is 2.28 bits per heavy atom. The van der Waals surface area contributed by atoms with Crippen molar-refractivity contribution in [2.75, 3.05) is 26.2 Å². The number of amides is 4. The fraction of sp³-hybridized carbons (Fsp3) is 0.300. The molecule has 1 saturated heterocycles. The van der Waals surface area contributed by atoms with Crippen LogP contribution in [0.5, 0.6) is 0 Å². The minimum absolute atomic E-state index is 0.0705. The highest BCUT2D eigenvalue weighted by atomic mass is 16.3. The van der Waals surface area contributed by atoms with Crippen LogP contribution in [0.25, 0.3) is 0 Å². The van der Waals surface area contributed by atoms with E-state index in [4.69, 9.17) is 4.42 Å². The number of hydrazine groups is 1. The Bertz CT molecular complexity index is 866. The number of furan rings is 1. The van der Waals surface area contributed by atoms with Crippen LogP contribution >= 0.6 is 0 Å². The Balaban J connectivity index is 1.45. The van der Waals surface area contributed by atoms with Crippen LogP contribution in [0.4, 0.5) is 0 Å². The molecule has 9 nitrogen and oxygen atoms in total. The predicted molar refractivity (Wildman–Crippen MR) is 102 cm³/mol. The first-order valence-corrected chi connectivity index (χ1v) is 9.32. The van der Waals surface area contributed by atoms with Crippen molar-refractivity contribution < 1.29 is 23.6 Å². The molecule has 1 aromatic heterocycles. The second kappa shape index (κ2) is 9.54. The van der Waals surface area contributed by atoms with Crippen molar-refractivity contribution in [2.45, 2.75) is 12.8 Å². The summed E-state index contributed by atoms with van der Waals surface area (Å²) in [5.74, 6) is -1.29. The highest BCUT2D eigenvalue weighted by molar-refractivity contribution is 5.95. The van der Waals surface area contributed by atoms with Crippen molar-refractivity contribution in [3.63, 3.8) is 0 Å². The van der Waals surface area contributed by atoms with Gasteiger partial charge in [-0.2, -0.15) is 0 Å². The van der Waals surface area contributed by atoms with Gasteiger partial charge in [-0.1, -0.05) is 18.2 Å². The highest BCUT2D eigenvalue weighted by Crippen LogP contribution is 2.12. The Morgan fingerprint density at radius 1 is 0.862 bits per heavy atom. The molecule has 0 atom stereocenters. The largest absolute Gasteiger partial charge is 0.459 e. The molecule has 3 rings (SSSR count). The third-order valence-corrected chi connectivity index (χ3v) is 4.41. The summed E-state index contributed by atoms with van der Waals surface area (Å²) in [7, 11) is 0. The molecule has 1 fully saturated rings. The predicted octanol–water partition coefficient (Wildman–Crippen LogP) is 0.805. The van der Waals surface area contributed by atoms with E-state index in [1.54, 1.807) is 30.3 Å². The van der Waals surface area contributed by atoms with Gasteiger partial charge in [0.05, 0.1) is 12.8 Å². The zero-order valence-electron chi connectivity index (χ0n) is 15.8. The molecule has 0 unspecified atom stereocenters. The van der Waals surface area contributed by atoms with Crippen molar-refractivity contribution in [2.24, 2.45) is 0 Å². The lowest BCUT2D eigenvalue weighted by Crippen LogP contribution is -2.49. The van der Waals surface area contributed by atoms with E-state index in [0.717, 1.165) is 0 Å². The van der Waals surface area contributed by atoms with E-state index in [2.05, 4.69) is 10.6 Å². The van der Waals surface area contributed by atoms with E-state index in [0.29, 0.717) is 25.1 Å². The number of rotatable bonds is 7.